The highest BCUT2D eigenvalue weighted by molar-refractivity contribution is 6.20. The highest BCUT2D eigenvalue weighted by atomic mass is 35.5. The van der Waals surface area contributed by atoms with Crippen molar-refractivity contribution in [1.82, 2.24) is 52.8 Å². The van der Waals surface area contributed by atoms with Crippen molar-refractivity contribution >= 4 is 83.1 Å². The van der Waals surface area contributed by atoms with Crippen molar-refractivity contribution in [2.75, 3.05) is 13.6 Å². The molecule has 11 amide bonds. The zero-order valence-electron chi connectivity index (χ0n) is 47.5. The molecule has 0 radical (unpaired) electrons. The van der Waals surface area contributed by atoms with E-state index in [4.69, 9.17) is 22.1 Å². The predicted octanol–water partition coefficient (Wildman–Crippen LogP) is -2.19. The number of aliphatic hydroxyl groups excluding tert-OH is 2. The lowest BCUT2D eigenvalue weighted by atomic mass is 9.95. The molecule has 0 aliphatic carbocycles. The first-order chi connectivity index (χ1) is 37.4. The molecule has 0 aromatic heterocycles. The summed E-state index contributed by atoms with van der Waals surface area (Å²) in [6, 6.07) is -5.21. The molecule has 1 aliphatic heterocycles. The van der Waals surface area contributed by atoms with Crippen LogP contribution < -0.4 is 53.6 Å². The van der Waals surface area contributed by atoms with Crippen LogP contribution in [0.2, 0.25) is 0 Å². The van der Waals surface area contributed by atoms with Gasteiger partial charge in [-0.2, -0.15) is 0 Å². The molecule has 2 rings (SSSR count). The van der Waals surface area contributed by atoms with Crippen LogP contribution in [-0.2, 0) is 68.7 Å². The van der Waals surface area contributed by atoms with Crippen molar-refractivity contribution in [3.8, 4) is 0 Å². The number of nitrogens with two attached hydrogens (primary N) is 1. The zero-order valence-corrected chi connectivity index (χ0v) is 48.2. The van der Waals surface area contributed by atoms with E-state index in [2.05, 4.69) is 47.9 Å². The molecule has 9 unspecified atom stereocenters. The van der Waals surface area contributed by atoms with E-state index in [9.17, 15) is 67.7 Å². The lowest BCUT2D eigenvalue weighted by Crippen LogP contribution is -2.63. The van der Waals surface area contributed by atoms with Crippen molar-refractivity contribution < 1.29 is 72.5 Å². The number of nitrogens with one attached hydrogen (secondary N) is 9. The van der Waals surface area contributed by atoms with Crippen LogP contribution in [-0.4, -0.2) is 178 Å². The van der Waals surface area contributed by atoms with E-state index in [-0.39, 0.29) is 37.5 Å². The van der Waals surface area contributed by atoms with Gasteiger partial charge >= 0.3 is 5.97 Å². The smallest absolute Gasteiger partial charge is 0.328 e. The number of carbonyl (C=O) groups is 12. The minimum atomic E-state index is -1.86. The van der Waals surface area contributed by atoms with Gasteiger partial charge in [0.1, 0.15) is 54.4 Å². The number of hydrogen-bond acceptors (Lipinski definition) is 15. The molecule has 1 aromatic rings. The first-order valence-corrected chi connectivity index (χ1v) is 27.2. The van der Waals surface area contributed by atoms with Crippen molar-refractivity contribution in [1.29, 1.82) is 0 Å². The average Bonchev–Trinajstić information content (AvgIpc) is 3.37. The number of cyclic esters (lactones) is 1. The molecule has 0 saturated carbocycles. The molecule has 80 heavy (non-hydrogen) atoms. The Morgan fingerprint density at radius 1 is 0.800 bits per heavy atom. The van der Waals surface area contributed by atoms with Gasteiger partial charge in [0.05, 0.1) is 37.6 Å². The highest BCUT2D eigenvalue weighted by Crippen LogP contribution is 2.19. The van der Waals surface area contributed by atoms with Gasteiger partial charge in [0, 0.05) is 24.8 Å². The van der Waals surface area contributed by atoms with Crippen molar-refractivity contribution in [3.63, 3.8) is 0 Å². The summed E-state index contributed by atoms with van der Waals surface area (Å²) in [6.45, 7) is 14.8. The van der Waals surface area contributed by atoms with Crippen LogP contribution in [0.1, 0.15) is 113 Å². The van der Waals surface area contributed by atoms with Crippen molar-refractivity contribution in [2.24, 2.45) is 23.5 Å². The molecule has 1 aliphatic rings. The number of halogens is 1. The number of primary amides is 1. The average molecular weight is 1150 g/mol. The van der Waals surface area contributed by atoms with Crippen LogP contribution in [0.25, 0.3) is 0 Å². The molecular weight excluding hydrogens is 1070 g/mol. The molecule has 448 valence electrons. The molecule has 0 bridgehead atoms. The molecule has 0 spiro atoms. The summed E-state index contributed by atoms with van der Waals surface area (Å²) >= 11 is 6.49. The van der Waals surface area contributed by atoms with E-state index in [1.165, 1.54) is 34.7 Å². The van der Waals surface area contributed by atoms with Gasteiger partial charge in [-0.1, -0.05) is 78.3 Å². The molecule has 1 heterocycles. The fraction of sp³-hybridized carbons (Fsp3) is 0.660. The number of hydrogen-bond donors (Lipinski definition) is 12. The Morgan fingerprint density at radius 2 is 1.40 bits per heavy atom. The summed E-state index contributed by atoms with van der Waals surface area (Å²) in [5, 5.41) is 43.9. The fourth-order valence-electron chi connectivity index (χ4n) is 8.64. The maximum atomic E-state index is 14.4. The van der Waals surface area contributed by atoms with Gasteiger partial charge in [-0.3, -0.25) is 52.7 Å². The number of benzene rings is 1. The first kappa shape index (κ1) is 69.2. The molecule has 1 aromatic carbocycles. The summed E-state index contributed by atoms with van der Waals surface area (Å²) in [7, 11) is 1.28. The number of esters is 1. The van der Waals surface area contributed by atoms with Gasteiger partial charge in [0.25, 0.3) is 0 Å². The summed E-state index contributed by atoms with van der Waals surface area (Å²) in [6.07, 6.45) is -6.06. The molecule has 14 atom stereocenters. The van der Waals surface area contributed by atoms with Gasteiger partial charge in [-0.25, -0.2) is 4.79 Å². The first-order valence-electron chi connectivity index (χ1n) is 26.8. The van der Waals surface area contributed by atoms with Gasteiger partial charge < -0.3 is 73.4 Å². The van der Waals surface area contributed by atoms with Crippen LogP contribution in [0.15, 0.2) is 30.3 Å². The second-order valence-corrected chi connectivity index (χ2v) is 21.8. The largest absolute Gasteiger partial charge is 0.459 e. The molecule has 27 heteroatoms. The highest BCUT2D eigenvalue weighted by Gasteiger charge is 2.40. The monoisotopic (exact) mass is 1150 g/mol. The number of nitrogens with zero attached hydrogens (tertiary/aromatic N) is 1. The second kappa shape index (κ2) is 33.6. The van der Waals surface area contributed by atoms with E-state index in [0.29, 0.717) is 18.4 Å². The Hall–Kier alpha value is -6.93. The Labute approximate surface area is 472 Å². The van der Waals surface area contributed by atoms with Crippen LogP contribution in [0.5, 0.6) is 0 Å². The zero-order chi connectivity index (χ0) is 60.7. The van der Waals surface area contributed by atoms with Crippen LogP contribution in [0.3, 0.4) is 0 Å². The Morgan fingerprint density at radius 3 is 1.95 bits per heavy atom. The van der Waals surface area contributed by atoms with E-state index >= 15 is 0 Å². The minimum absolute atomic E-state index is 0.00746. The number of likely N-dealkylation sites (N-methyl/N-ethyl adjacent to an activating group) is 1. The number of carbonyl (C=O) groups excluding carboxylic acids is 12. The fourth-order valence-corrected chi connectivity index (χ4v) is 8.78. The minimum Gasteiger partial charge on any atom is -0.459 e. The molecule has 1 saturated heterocycles. The molecular formula is C53H84ClN11O15. The third kappa shape index (κ3) is 22.7. The number of rotatable bonds is 17. The van der Waals surface area contributed by atoms with Crippen molar-refractivity contribution in [2.45, 2.75) is 192 Å². The van der Waals surface area contributed by atoms with Crippen LogP contribution >= 0.6 is 11.6 Å². The number of amides is 11. The number of aliphatic hydroxyl groups is 2. The Bertz CT molecular complexity index is 2310. The lowest BCUT2D eigenvalue weighted by Gasteiger charge is -2.34. The number of alkyl halides is 1. The van der Waals surface area contributed by atoms with E-state index in [1.807, 2.05) is 0 Å². The second-order valence-electron chi connectivity index (χ2n) is 21.2. The standard InChI is InChI=1S/C53H84ClN11O15/c1-12-16-34-53(79)80-32(10)45(64-47(73)35(57-25-66)19-26(2)3)39(68)23-41(70)58-30(8)52(78)65(11)38(20-27(4)5)49(75)62-43(28(6)29(7)54)50(76)61-37(22-40(55)69)48(74)63-44(31(9)67)51(77)60-36(21-33-17-14-13-15-18-33)46(72)56-24-42(71)59-34/h13-15,17-18,25-32,34-39,43-45,67-68H,12,16,19-24H2,1-11H3,(H2,55,69)(H,56,72)(H,57,66)(H,58,70)(H,59,71)(H,60,77)(H,61,76)(H,62,75)(H,63,74)(H,64,73)/t28?,29?,30-,31-,32?,34?,35-,36?,37?,38-,39?,43?,44-,45?/m1/s1. The third-order valence-corrected chi connectivity index (χ3v) is 13.6. The molecule has 1 fully saturated rings. The van der Waals surface area contributed by atoms with Crippen LogP contribution in [0.4, 0.5) is 0 Å². The topological polar surface area (TPSA) is 392 Å². The van der Waals surface area contributed by atoms with E-state index in [1.54, 1.807) is 65.0 Å². The van der Waals surface area contributed by atoms with E-state index < -0.39 is 168 Å². The maximum absolute atomic E-state index is 14.4. The van der Waals surface area contributed by atoms with Gasteiger partial charge in [0.2, 0.25) is 65.5 Å². The van der Waals surface area contributed by atoms with Crippen LogP contribution in [0, 0.1) is 17.8 Å². The summed E-state index contributed by atoms with van der Waals surface area (Å²) in [4.78, 5) is 164. The Kier molecular flexibility index (Phi) is 29.1. The normalized spacial score (nSPS) is 26.8. The SMILES string of the molecule is CCCC1NC(=O)CNC(=O)C(Cc2ccccc2)NC(=O)[C@@H]([C@@H](C)O)NC(=O)C(CC(N)=O)NC(=O)C(C(C)C(C)Cl)NC(=O)[C@@H](CC(C)C)N(C)C(=O)[C@@H](C)NC(=O)CC(O)C(NC(=O)[C@@H](CC(C)C)NC=O)C(C)OC1=O. The van der Waals surface area contributed by atoms with Gasteiger partial charge in [0.15, 0.2) is 0 Å². The van der Waals surface area contributed by atoms with Gasteiger partial charge in [-0.05, 0) is 64.4 Å². The van der Waals surface area contributed by atoms with Gasteiger partial charge in [-0.15, -0.1) is 11.6 Å². The maximum Gasteiger partial charge on any atom is 0.328 e. The summed E-state index contributed by atoms with van der Waals surface area (Å²) < 4.78 is 5.74. The summed E-state index contributed by atoms with van der Waals surface area (Å²) in [5.74, 6) is -12.0. The quantitative estimate of drug-likeness (QED) is 0.0448. The molecule has 26 nitrogen and oxygen atoms in total. The molecule has 13 N–H and O–H groups in total. The predicted molar refractivity (Wildman–Crippen MR) is 292 cm³/mol. The Balaban J connectivity index is 2.82. The number of ether oxygens (including phenoxy) is 1. The third-order valence-electron chi connectivity index (χ3n) is 13.2. The lowest BCUT2D eigenvalue weighted by molar-refractivity contribution is -0.156. The summed E-state index contributed by atoms with van der Waals surface area (Å²) in [5.41, 5.74) is 6.03. The van der Waals surface area contributed by atoms with Crippen molar-refractivity contribution in [3.05, 3.63) is 35.9 Å². The van der Waals surface area contributed by atoms with E-state index in [0.717, 1.165) is 11.8 Å².